The highest BCUT2D eigenvalue weighted by molar-refractivity contribution is 6.28. The predicted molar refractivity (Wildman–Crippen MR) is 144 cm³/mol. The van der Waals surface area contributed by atoms with E-state index in [0.29, 0.717) is 17.7 Å². The minimum absolute atomic E-state index is 0.109. The Labute approximate surface area is 239 Å². The summed E-state index contributed by atoms with van der Waals surface area (Å²) in [4.78, 5) is 76.8. The number of halogens is 1. The lowest BCUT2D eigenvalue weighted by molar-refractivity contribution is -0.140. The number of anilines is 1. The molecule has 1 aliphatic rings. The van der Waals surface area contributed by atoms with Crippen LogP contribution >= 0.6 is 11.6 Å². The summed E-state index contributed by atoms with van der Waals surface area (Å²) >= 11 is 5.59. The number of carbonyl (C=O) groups excluding carboxylic acids is 5. The minimum Gasteiger partial charge on any atom is -0.481 e. The number of ketones is 1. The molecule has 4 amide bonds. The molecule has 3 rings (SSSR count). The number of amides is 4. The predicted octanol–water partition coefficient (Wildman–Crippen LogP) is -0.885. The molecular weight excluding hydrogens is 560 g/mol. The molecule has 1 aliphatic heterocycles. The van der Waals surface area contributed by atoms with Crippen LogP contribution in [0.1, 0.15) is 38.1 Å². The zero-order chi connectivity index (χ0) is 30.1. The fourth-order valence-electron chi connectivity index (χ4n) is 4.37. The summed E-state index contributed by atoms with van der Waals surface area (Å²) in [7, 11) is 0. The number of aromatic nitrogens is 4. The number of aliphatic carboxylic acids is 1. The molecule has 4 atom stereocenters. The topological polar surface area (TPSA) is 216 Å². The lowest BCUT2D eigenvalue weighted by Gasteiger charge is -2.27. The molecule has 16 heteroatoms. The quantitative estimate of drug-likeness (QED) is 0.171. The van der Waals surface area contributed by atoms with Crippen LogP contribution < -0.4 is 20.9 Å². The molecule has 1 aromatic heterocycles. The first-order valence-electron chi connectivity index (χ1n) is 12.9. The Balaban J connectivity index is 1.72. The van der Waals surface area contributed by atoms with Gasteiger partial charge >= 0.3 is 5.97 Å². The number of nitrogens with one attached hydrogen (secondary N) is 4. The largest absolute Gasteiger partial charge is 0.481 e. The summed E-state index contributed by atoms with van der Waals surface area (Å²) in [5.41, 5.74) is 1.12. The van der Waals surface area contributed by atoms with Gasteiger partial charge in [0.25, 0.3) is 0 Å². The van der Waals surface area contributed by atoms with Crippen molar-refractivity contribution in [2.75, 3.05) is 17.3 Å². The molecule has 2 aromatic rings. The van der Waals surface area contributed by atoms with Crippen LogP contribution in [0.3, 0.4) is 0 Å². The van der Waals surface area contributed by atoms with Crippen molar-refractivity contribution in [2.45, 2.75) is 57.7 Å². The van der Waals surface area contributed by atoms with E-state index in [2.05, 4.69) is 36.6 Å². The van der Waals surface area contributed by atoms with Crippen LogP contribution in [-0.2, 0) is 41.6 Å². The minimum atomic E-state index is -1.37. The molecule has 0 saturated carbocycles. The summed E-state index contributed by atoms with van der Waals surface area (Å²) in [6.45, 7) is 3.12. The summed E-state index contributed by atoms with van der Waals surface area (Å²) in [6.07, 6.45) is -0.213. The second-order valence-corrected chi connectivity index (χ2v) is 9.79. The van der Waals surface area contributed by atoms with Crippen molar-refractivity contribution in [1.82, 2.24) is 36.6 Å². The Morgan fingerprint density at radius 3 is 2.54 bits per heavy atom. The number of aromatic amines is 1. The number of tetrazole rings is 1. The average Bonchev–Trinajstić information content (AvgIpc) is 3.60. The standard InChI is InChI=1S/C25H31ClN8O7/c1-3-13(2)23(29-20(36)10-19-30-32-33-31-19)25(41)27-12-21(37)34-16-7-5-4-6-14(16)8-17(34)24(40)28-15(9-22(38)39)18(35)11-26/h4-7,13,15,17,23H,3,8-12H2,1-2H3,(H,27,41)(H,28,40)(H,29,36)(H,38,39)(H,30,31,32,33)/t13-,15-,17-,23-/m0/s1. The lowest BCUT2D eigenvalue weighted by atomic mass is 9.98. The number of carbonyl (C=O) groups is 6. The van der Waals surface area contributed by atoms with Gasteiger partial charge in [0.15, 0.2) is 11.6 Å². The van der Waals surface area contributed by atoms with Crippen molar-refractivity contribution in [3.8, 4) is 0 Å². The molecule has 0 aliphatic carbocycles. The zero-order valence-corrected chi connectivity index (χ0v) is 23.2. The van der Waals surface area contributed by atoms with Gasteiger partial charge < -0.3 is 21.1 Å². The number of carboxylic acid groups (broad SMARTS) is 1. The van der Waals surface area contributed by atoms with Gasteiger partial charge in [0.1, 0.15) is 12.1 Å². The molecule has 0 spiro atoms. The number of nitrogens with zero attached hydrogens (tertiary/aromatic N) is 4. The van der Waals surface area contributed by atoms with E-state index >= 15 is 0 Å². The number of para-hydroxylation sites is 1. The monoisotopic (exact) mass is 590 g/mol. The Hall–Kier alpha value is -4.40. The van der Waals surface area contributed by atoms with Crippen LogP contribution in [0.2, 0.25) is 0 Å². The van der Waals surface area contributed by atoms with Gasteiger partial charge in [-0.05, 0) is 17.5 Å². The van der Waals surface area contributed by atoms with Crippen LogP contribution in [-0.4, -0.2) is 91.7 Å². The third kappa shape index (κ3) is 8.06. The van der Waals surface area contributed by atoms with Gasteiger partial charge in [-0.2, -0.15) is 5.21 Å². The van der Waals surface area contributed by atoms with E-state index in [1.54, 1.807) is 31.2 Å². The smallest absolute Gasteiger partial charge is 0.305 e. The summed E-state index contributed by atoms with van der Waals surface area (Å²) in [5.74, 6) is -5.09. The number of H-pyrrole nitrogens is 1. The van der Waals surface area contributed by atoms with Crippen LogP contribution in [0.15, 0.2) is 24.3 Å². The second-order valence-electron chi connectivity index (χ2n) is 9.52. The highest BCUT2D eigenvalue weighted by Crippen LogP contribution is 2.32. The number of alkyl halides is 1. The third-order valence-electron chi connectivity index (χ3n) is 6.70. The van der Waals surface area contributed by atoms with Crippen molar-refractivity contribution >= 4 is 52.7 Å². The molecule has 220 valence electrons. The van der Waals surface area contributed by atoms with Gasteiger partial charge in [0.05, 0.1) is 31.3 Å². The Bertz CT molecular complexity index is 1290. The van der Waals surface area contributed by atoms with E-state index in [4.69, 9.17) is 16.7 Å². The average molecular weight is 591 g/mol. The van der Waals surface area contributed by atoms with Gasteiger partial charge in [-0.15, -0.1) is 21.8 Å². The van der Waals surface area contributed by atoms with E-state index in [9.17, 15) is 28.8 Å². The number of rotatable bonds is 14. The fourth-order valence-corrected chi connectivity index (χ4v) is 4.56. The number of Topliss-reactive ketones (excluding diaryl/α,β-unsaturated/α-hetero) is 1. The number of hydrogen-bond donors (Lipinski definition) is 5. The van der Waals surface area contributed by atoms with Crippen molar-refractivity contribution in [3.63, 3.8) is 0 Å². The normalized spacial score (nSPS) is 16.2. The summed E-state index contributed by atoms with van der Waals surface area (Å²) in [5, 5.41) is 29.8. The van der Waals surface area contributed by atoms with Crippen LogP contribution in [0, 0.1) is 5.92 Å². The molecule has 5 N–H and O–H groups in total. The first-order valence-corrected chi connectivity index (χ1v) is 13.4. The number of fused-ring (bicyclic) bond motifs is 1. The maximum atomic E-state index is 13.4. The maximum absolute atomic E-state index is 13.4. The molecule has 0 bridgehead atoms. The van der Waals surface area contributed by atoms with E-state index in [-0.39, 0.29) is 24.6 Å². The molecule has 41 heavy (non-hydrogen) atoms. The Kier molecular flexibility index (Phi) is 10.9. The molecule has 0 saturated heterocycles. The van der Waals surface area contributed by atoms with Gasteiger partial charge in [0, 0.05) is 12.1 Å². The van der Waals surface area contributed by atoms with E-state index < -0.39 is 72.4 Å². The Morgan fingerprint density at radius 1 is 1.17 bits per heavy atom. The van der Waals surface area contributed by atoms with E-state index in [0.717, 1.165) is 0 Å². The highest BCUT2D eigenvalue weighted by atomic mass is 35.5. The van der Waals surface area contributed by atoms with Gasteiger partial charge in [-0.1, -0.05) is 43.7 Å². The van der Waals surface area contributed by atoms with E-state index in [1.165, 1.54) is 4.90 Å². The van der Waals surface area contributed by atoms with Crippen LogP contribution in [0.5, 0.6) is 0 Å². The van der Waals surface area contributed by atoms with Crippen molar-refractivity contribution in [3.05, 3.63) is 35.7 Å². The molecule has 2 heterocycles. The fraction of sp³-hybridized carbons (Fsp3) is 0.480. The second kappa shape index (κ2) is 14.3. The molecule has 0 unspecified atom stereocenters. The van der Waals surface area contributed by atoms with Crippen molar-refractivity contribution < 1.29 is 33.9 Å². The first-order chi connectivity index (χ1) is 19.5. The van der Waals surface area contributed by atoms with E-state index in [1.807, 2.05) is 6.92 Å². The maximum Gasteiger partial charge on any atom is 0.305 e. The number of carboxylic acids is 1. The summed E-state index contributed by atoms with van der Waals surface area (Å²) < 4.78 is 0. The molecular formula is C25H31ClN8O7. The van der Waals surface area contributed by atoms with Gasteiger partial charge in [-0.3, -0.25) is 33.7 Å². The molecule has 0 fully saturated rings. The Morgan fingerprint density at radius 2 is 1.90 bits per heavy atom. The van der Waals surface area contributed by atoms with Crippen molar-refractivity contribution in [2.24, 2.45) is 5.92 Å². The molecule has 1 aromatic carbocycles. The SMILES string of the molecule is CC[C@H](C)[C@H](NC(=O)Cc1nn[nH]n1)C(=O)NCC(=O)N1c2ccccc2C[C@H]1C(=O)N[C@@H](CC(=O)O)C(=O)CCl. The highest BCUT2D eigenvalue weighted by Gasteiger charge is 2.40. The molecule has 15 nitrogen and oxygen atoms in total. The summed E-state index contributed by atoms with van der Waals surface area (Å²) in [6, 6.07) is 3.36. The van der Waals surface area contributed by atoms with Crippen LogP contribution in [0.25, 0.3) is 0 Å². The van der Waals surface area contributed by atoms with Crippen molar-refractivity contribution in [1.29, 1.82) is 0 Å². The van der Waals surface area contributed by atoms with Crippen LogP contribution in [0.4, 0.5) is 5.69 Å². The lowest BCUT2D eigenvalue weighted by Crippen LogP contribution is -2.56. The molecule has 0 radical (unpaired) electrons. The first kappa shape index (κ1) is 31.1. The van der Waals surface area contributed by atoms with Gasteiger partial charge in [-0.25, -0.2) is 0 Å². The zero-order valence-electron chi connectivity index (χ0n) is 22.4. The van der Waals surface area contributed by atoms with Gasteiger partial charge in [0.2, 0.25) is 23.6 Å². The third-order valence-corrected chi connectivity index (χ3v) is 6.96. The number of benzene rings is 1. The number of hydrogen-bond acceptors (Lipinski definition) is 9.